The third kappa shape index (κ3) is 4.71. The highest BCUT2D eigenvalue weighted by molar-refractivity contribution is 5.97. The number of carbonyl (C=O) groups excluding carboxylic acids is 2. The molecule has 23 heavy (non-hydrogen) atoms. The molecule has 1 aliphatic carbocycles. The molecule has 1 saturated carbocycles. The molecule has 1 aromatic rings. The lowest BCUT2D eigenvalue weighted by Gasteiger charge is -2.27. The predicted octanol–water partition coefficient (Wildman–Crippen LogP) is 3.40. The van der Waals surface area contributed by atoms with Crippen molar-refractivity contribution in [3.8, 4) is 0 Å². The van der Waals surface area contributed by atoms with Crippen LogP contribution in [0.3, 0.4) is 0 Å². The molecule has 2 rings (SSSR count). The number of benzene rings is 1. The average molecular weight is 317 g/mol. The summed E-state index contributed by atoms with van der Waals surface area (Å²) in [7, 11) is 3.43. The van der Waals surface area contributed by atoms with Gasteiger partial charge >= 0.3 is 6.03 Å². The van der Waals surface area contributed by atoms with Crippen molar-refractivity contribution in [2.24, 2.45) is 5.92 Å². The molecule has 0 heterocycles. The Balaban J connectivity index is 2.02. The zero-order valence-corrected chi connectivity index (χ0v) is 14.5. The van der Waals surface area contributed by atoms with Crippen LogP contribution in [-0.4, -0.2) is 37.0 Å². The van der Waals surface area contributed by atoms with Gasteiger partial charge < -0.3 is 15.5 Å². The number of carbonyl (C=O) groups is 2. The van der Waals surface area contributed by atoms with Crippen molar-refractivity contribution in [3.05, 3.63) is 29.3 Å². The number of nitrogens with one attached hydrogen (secondary N) is 2. The summed E-state index contributed by atoms with van der Waals surface area (Å²) in [6, 6.07) is 5.42. The summed E-state index contributed by atoms with van der Waals surface area (Å²) in [6.45, 7) is 4.15. The largest absolute Gasteiger partial charge is 0.345 e. The first kappa shape index (κ1) is 17.3. The Morgan fingerprint density at radius 2 is 1.96 bits per heavy atom. The van der Waals surface area contributed by atoms with Gasteiger partial charge in [-0.1, -0.05) is 25.8 Å². The van der Waals surface area contributed by atoms with Crippen molar-refractivity contribution in [2.45, 2.75) is 45.6 Å². The van der Waals surface area contributed by atoms with Crippen LogP contribution in [0.1, 0.15) is 48.5 Å². The number of aryl methyl sites for hydroxylation is 1. The maximum atomic E-state index is 12.2. The number of urea groups is 1. The second-order valence-electron chi connectivity index (χ2n) is 6.80. The Morgan fingerprint density at radius 3 is 2.61 bits per heavy atom. The molecule has 126 valence electrons. The number of rotatable bonds is 3. The number of anilines is 1. The lowest BCUT2D eigenvalue weighted by molar-refractivity contribution is 0.0827. The van der Waals surface area contributed by atoms with Crippen molar-refractivity contribution in [2.75, 3.05) is 19.4 Å². The first-order valence-corrected chi connectivity index (χ1v) is 8.26. The topological polar surface area (TPSA) is 61.4 Å². The molecule has 1 aromatic carbocycles. The Bertz CT molecular complexity index is 584. The van der Waals surface area contributed by atoms with Gasteiger partial charge in [-0.15, -0.1) is 0 Å². The minimum Gasteiger partial charge on any atom is -0.345 e. The molecule has 1 fully saturated rings. The lowest BCUT2D eigenvalue weighted by atomic mass is 9.87. The quantitative estimate of drug-likeness (QED) is 0.897. The van der Waals surface area contributed by atoms with Gasteiger partial charge in [0.2, 0.25) is 0 Å². The molecule has 0 spiro atoms. The van der Waals surface area contributed by atoms with Crippen molar-refractivity contribution in [3.63, 3.8) is 0 Å². The number of nitrogens with zero attached hydrogens (tertiary/aromatic N) is 1. The molecule has 1 aliphatic rings. The Labute approximate surface area is 138 Å². The van der Waals surface area contributed by atoms with Gasteiger partial charge in [-0.25, -0.2) is 4.79 Å². The zero-order chi connectivity index (χ0) is 17.0. The summed E-state index contributed by atoms with van der Waals surface area (Å²) in [6.07, 6.45) is 4.48. The second-order valence-corrected chi connectivity index (χ2v) is 6.80. The molecule has 0 radical (unpaired) electrons. The molecule has 0 bridgehead atoms. The Morgan fingerprint density at radius 1 is 1.22 bits per heavy atom. The maximum Gasteiger partial charge on any atom is 0.319 e. The summed E-state index contributed by atoms with van der Waals surface area (Å²) < 4.78 is 0. The minimum absolute atomic E-state index is 0.0745. The molecule has 2 atom stereocenters. The normalized spacial score (nSPS) is 20.7. The second kappa shape index (κ2) is 7.49. The van der Waals surface area contributed by atoms with E-state index in [4.69, 9.17) is 0 Å². The van der Waals surface area contributed by atoms with Crippen LogP contribution >= 0.6 is 0 Å². The number of hydrogen-bond donors (Lipinski definition) is 2. The van der Waals surface area contributed by atoms with Crippen LogP contribution in [0.4, 0.5) is 10.5 Å². The van der Waals surface area contributed by atoms with Gasteiger partial charge in [-0.3, -0.25) is 4.79 Å². The summed E-state index contributed by atoms with van der Waals surface area (Å²) in [4.78, 5) is 25.8. The van der Waals surface area contributed by atoms with Crippen molar-refractivity contribution >= 4 is 17.6 Å². The molecule has 0 aromatic heterocycles. The van der Waals surface area contributed by atoms with E-state index in [0.29, 0.717) is 17.2 Å². The highest BCUT2D eigenvalue weighted by atomic mass is 16.2. The van der Waals surface area contributed by atoms with Crippen LogP contribution in [0.15, 0.2) is 18.2 Å². The van der Waals surface area contributed by atoms with Crippen LogP contribution in [0.5, 0.6) is 0 Å². The van der Waals surface area contributed by atoms with Crippen molar-refractivity contribution in [1.29, 1.82) is 0 Å². The molecule has 2 N–H and O–H groups in total. The van der Waals surface area contributed by atoms with E-state index >= 15 is 0 Å². The van der Waals surface area contributed by atoms with Crippen LogP contribution < -0.4 is 10.6 Å². The maximum absolute atomic E-state index is 12.2. The van der Waals surface area contributed by atoms with Gasteiger partial charge in [0.1, 0.15) is 0 Å². The van der Waals surface area contributed by atoms with E-state index in [-0.39, 0.29) is 18.0 Å². The van der Waals surface area contributed by atoms with Crippen LogP contribution in [-0.2, 0) is 0 Å². The van der Waals surface area contributed by atoms with E-state index in [1.165, 1.54) is 11.3 Å². The van der Waals surface area contributed by atoms with Crippen LogP contribution in [0.2, 0.25) is 0 Å². The average Bonchev–Trinajstić information content (AvgIpc) is 2.48. The molecule has 5 nitrogen and oxygen atoms in total. The standard InChI is InChI=1S/C18H27N3O2/c1-12-6-5-7-15(10-12)19-18(23)20-16-11-14(9-8-13(16)2)17(22)21(3)4/h8-9,11-12,15H,5-7,10H2,1-4H3,(H2,19,20,23). The highest BCUT2D eigenvalue weighted by Gasteiger charge is 2.20. The predicted molar refractivity (Wildman–Crippen MR) is 92.8 cm³/mol. The molecule has 5 heteroatoms. The van der Waals surface area contributed by atoms with E-state index in [0.717, 1.165) is 24.8 Å². The van der Waals surface area contributed by atoms with Crippen molar-refractivity contribution < 1.29 is 9.59 Å². The van der Waals surface area contributed by atoms with Gasteiger partial charge in [-0.2, -0.15) is 0 Å². The molecular formula is C18H27N3O2. The van der Waals surface area contributed by atoms with Gasteiger partial charge in [0, 0.05) is 31.4 Å². The SMILES string of the molecule is Cc1ccc(C(=O)N(C)C)cc1NC(=O)NC1CCCC(C)C1. The minimum atomic E-state index is -0.193. The van der Waals surface area contributed by atoms with Gasteiger partial charge in [-0.05, 0) is 43.4 Å². The molecule has 0 aliphatic heterocycles. The van der Waals surface area contributed by atoms with Gasteiger partial charge in [0.25, 0.3) is 5.91 Å². The smallest absolute Gasteiger partial charge is 0.319 e. The Kier molecular flexibility index (Phi) is 5.64. The van der Waals surface area contributed by atoms with E-state index < -0.39 is 0 Å². The monoisotopic (exact) mass is 317 g/mol. The van der Waals surface area contributed by atoms with E-state index in [9.17, 15) is 9.59 Å². The molecular weight excluding hydrogens is 290 g/mol. The highest BCUT2D eigenvalue weighted by Crippen LogP contribution is 2.24. The van der Waals surface area contributed by atoms with Gasteiger partial charge in [0.15, 0.2) is 0 Å². The first-order chi connectivity index (χ1) is 10.9. The number of hydrogen-bond acceptors (Lipinski definition) is 2. The van der Waals surface area contributed by atoms with Crippen LogP contribution in [0.25, 0.3) is 0 Å². The van der Waals surface area contributed by atoms with Crippen LogP contribution in [0, 0.1) is 12.8 Å². The first-order valence-electron chi connectivity index (χ1n) is 8.26. The summed E-state index contributed by atoms with van der Waals surface area (Å²) >= 11 is 0. The fourth-order valence-corrected chi connectivity index (χ4v) is 3.06. The van der Waals surface area contributed by atoms with E-state index in [1.54, 1.807) is 26.2 Å². The summed E-state index contributed by atoms with van der Waals surface area (Å²) in [5, 5.41) is 5.94. The van der Waals surface area contributed by atoms with Crippen molar-refractivity contribution in [1.82, 2.24) is 10.2 Å². The third-order valence-electron chi connectivity index (χ3n) is 4.41. The fourth-order valence-electron chi connectivity index (χ4n) is 3.06. The fraction of sp³-hybridized carbons (Fsp3) is 0.556. The number of amides is 3. The Hall–Kier alpha value is -2.04. The van der Waals surface area contributed by atoms with Gasteiger partial charge in [0.05, 0.1) is 0 Å². The zero-order valence-electron chi connectivity index (χ0n) is 14.5. The lowest BCUT2D eigenvalue weighted by Crippen LogP contribution is -2.40. The van der Waals surface area contributed by atoms with E-state index in [2.05, 4.69) is 17.6 Å². The summed E-state index contributed by atoms with van der Waals surface area (Å²) in [5.74, 6) is 0.589. The molecule has 3 amide bonds. The third-order valence-corrected chi connectivity index (χ3v) is 4.41. The van der Waals surface area contributed by atoms with E-state index in [1.807, 2.05) is 13.0 Å². The molecule has 2 unspecified atom stereocenters. The summed E-state index contributed by atoms with van der Waals surface area (Å²) in [5.41, 5.74) is 2.19. The molecule has 0 saturated heterocycles.